The van der Waals surface area contributed by atoms with Gasteiger partial charge in [0.05, 0.1) is 25.6 Å². The summed E-state index contributed by atoms with van der Waals surface area (Å²) in [6.45, 7) is 0. The molecule has 0 radical (unpaired) electrons. The molecule has 0 aliphatic carbocycles. The maximum atomic E-state index is 13.0. The van der Waals surface area contributed by atoms with Crippen molar-refractivity contribution in [3.05, 3.63) is 59.7 Å². The Kier molecular flexibility index (Phi) is 4.01. The number of amides is 1. The van der Waals surface area contributed by atoms with Gasteiger partial charge in [0.2, 0.25) is 5.54 Å². The monoisotopic (exact) mass is 362 g/mol. The van der Waals surface area contributed by atoms with Crippen LogP contribution in [0.1, 0.15) is 11.1 Å². The fourth-order valence-electron chi connectivity index (χ4n) is 3.51. The number of dihydropyridines is 1. The number of nitrogens with zero attached hydrogens (tertiary/aromatic N) is 2. The van der Waals surface area contributed by atoms with E-state index in [-0.39, 0.29) is 0 Å². The van der Waals surface area contributed by atoms with Crippen molar-refractivity contribution >= 4 is 29.1 Å². The van der Waals surface area contributed by atoms with Gasteiger partial charge in [-0.1, -0.05) is 24.3 Å². The van der Waals surface area contributed by atoms with Gasteiger partial charge in [-0.2, -0.15) is 0 Å². The Hall–Kier alpha value is -3.45. The number of hydrogen-bond donors (Lipinski definition) is 2. The molecular formula is C20H18N4O3. The number of aliphatic imine (C=N–C) groups is 2. The molecule has 0 fully saturated rings. The Labute approximate surface area is 156 Å². The Morgan fingerprint density at radius 1 is 1.11 bits per heavy atom. The van der Waals surface area contributed by atoms with Crippen molar-refractivity contribution in [2.45, 2.75) is 5.54 Å². The van der Waals surface area contributed by atoms with E-state index in [4.69, 9.17) is 20.3 Å². The molecule has 1 unspecified atom stereocenters. The van der Waals surface area contributed by atoms with Gasteiger partial charge in [0.25, 0.3) is 5.91 Å². The molecule has 2 aliphatic heterocycles. The molecule has 0 saturated heterocycles. The molecule has 1 amide bonds. The van der Waals surface area contributed by atoms with Crippen LogP contribution in [0, 0.1) is 0 Å². The molecule has 4 rings (SSSR count). The van der Waals surface area contributed by atoms with Crippen LogP contribution in [0.3, 0.4) is 0 Å². The predicted octanol–water partition coefficient (Wildman–Crippen LogP) is 2.14. The summed E-state index contributed by atoms with van der Waals surface area (Å²) >= 11 is 0. The minimum absolute atomic E-state index is 0.483. The number of benzene rings is 2. The number of ether oxygens (including phenoxy) is 2. The second kappa shape index (κ2) is 6.37. The van der Waals surface area contributed by atoms with E-state index in [1.165, 1.54) is 7.11 Å². The first kappa shape index (κ1) is 17.0. The number of carbonyl (C=O) groups is 1. The molecule has 7 nitrogen and oxygen atoms in total. The largest absolute Gasteiger partial charge is 0.493 e. The van der Waals surface area contributed by atoms with E-state index < -0.39 is 11.4 Å². The summed E-state index contributed by atoms with van der Waals surface area (Å²) in [7, 11) is 3.09. The first-order valence-electron chi connectivity index (χ1n) is 8.33. The lowest BCUT2D eigenvalue weighted by Crippen LogP contribution is -2.52. The Morgan fingerprint density at radius 3 is 2.63 bits per heavy atom. The summed E-state index contributed by atoms with van der Waals surface area (Å²) < 4.78 is 10.7. The van der Waals surface area contributed by atoms with Gasteiger partial charge >= 0.3 is 0 Å². The van der Waals surface area contributed by atoms with Crippen molar-refractivity contribution < 1.29 is 14.3 Å². The molecular weight excluding hydrogens is 344 g/mol. The maximum absolute atomic E-state index is 13.0. The zero-order valence-corrected chi connectivity index (χ0v) is 14.9. The summed E-state index contributed by atoms with van der Waals surface area (Å²) in [5, 5.41) is 0. The van der Waals surface area contributed by atoms with E-state index in [9.17, 15) is 4.79 Å². The van der Waals surface area contributed by atoms with Gasteiger partial charge in [-0.3, -0.25) is 15.2 Å². The third-order valence-corrected chi connectivity index (χ3v) is 4.79. The van der Waals surface area contributed by atoms with Crippen LogP contribution in [0.5, 0.6) is 11.5 Å². The molecule has 27 heavy (non-hydrogen) atoms. The molecule has 2 heterocycles. The number of hydrazine groups is 1. The van der Waals surface area contributed by atoms with E-state index in [2.05, 4.69) is 10.4 Å². The molecule has 3 N–H and O–H groups in total. The fraction of sp³-hybridized carbons (Fsp3) is 0.150. The highest BCUT2D eigenvalue weighted by Crippen LogP contribution is 2.45. The Balaban J connectivity index is 1.95. The second-order valence-corrected chi connectivity index (χ2v) is 6.09. The van der Waals surface area contributed by atoms with Gasteiger partial charge in [-0.05, 0) is 29.8 Å². The summed E-state index contributed by atoms with van der Waals surface area (Å²) in [4.78, 5) is 22.3. The maximum Gasteiger partial charge on any atom is 0.272 e. The lowest BCUT2D eigenvalue weighted by molar-refractivity contribution is -0.124. The normalized spacial score (nSPS) is 19.5. The summed E-state index contributed by atoms with van der Waals surface area (Å²) in [5.41, 5.74) is 4.53. The third kappa shape index (κ3) is 2.36. The lowest BCUT2D eigenvalue weighted by Gasteiger charge is -2.31. The van der Waals surface area contributed by atoms with E-state index in [1.807, 2.05) is 30.3 Å². The van der Waals surface area contributed by atoms with Gasteiger partial charge in [-0.15, -0.1) is 0 Å². The number of allylic oxidation sites excluding steroid dienone is 1. The van der Waals surface area contributed by atoms with Crippen molar-refractivity contribution in [1.82, 2.24) is 5.43 Å². The van der Waals surface area contributed by atoms with Gasteiger partial charge in [0.1, 0.15) is 0 Å². The molecule has 2 aromatic rings. The van der Waals surface area contributed by atoms with E-state index in [0.717, 1.165) is 16.8 Å². The smallest absolute Gasteiger partial charge is 0.272 e. The SMILES string of the molecule is COc1ccc(C2(C(=O)NN)N=CC=C3C2=Nc2ccccc23)cc1OC. The number of carbonyl (C=O) groups excluding carboxylic acids is 1. The lowest BCUT2D eigenvalue weighted by atomic mass is 9.79. The van der Waals surface area contributed by atoms with Crippen LogP contribution in [-0.4, -0.2) is 32.1 Å². The van der Waals surface area contributed by atoms with Crippen molar-refractivity contribution in [2.75, 3.05) is 14.2 Å². The zero-order valence-electron chi connectivity index (χ0n) is 14.9. The molecule has 0 aromatic heterocycles. The quantitative estimate of drug-likeness (QED) is 0.495. The van der Waals surface area contributed by atoms with E-state index >= 15 is 0 Å². The van der Waals surface area contributed by atoms with Crippen LogP contribution < -0.4 is 20.7 Å². The highest BCUT2D eigenvalue weighted by Gasteiger charge is 2.49. The van der Waals surface area contributed by atoms with Crippen LogP contribution in [-0.2, 0) is 10.3 Å². The highest BCUT2D eigenvalue weighted by atomic mass is 16.5. The highest BCUT2D eigenvalue weighted by molar-refractivity contribution is 6.41. The average molecular weight is 362 g/mol. The number of rotatable bonds is 4. The first-order chi connectivity index (χ1) is 13.2. The van der Waals surface area contributed by atoms with Crippen LogP contribution in [0.15, 0.2) is 58.5 Å². The van der Waals surface area contributed by atoms with Crippen molar-refractivity contribution in [2.24, 2.45) is 15.8 Å². The molecule has 0 spiro atoms. The van der Waals surface area contributed by atoms with Gasteiger partial charge in [-0.25, -0.2) is 10.8 Å². The molecule has 0 saturated carbocycles. The second-order valence-electron chi connectivity index (χ2n) is 6.09. The molecule has 1 atom stereocenters. The molecule has 7 heteroatoms. The number of nitrogens with one attached hydrogen (secondary N) is 1. The number of fused-ring (bicyclic) bond motifs is 3. The summed E-state index contributed by atoms with van der Waals surface area (Å²) in [6.07, 6.45) is 3.47. The molecule has 0 bridgehead atoms. The van der Waals surface area contributed by atoms with E-state index in [0.29, 0.717) is 22.8 Å². The molecule has 2 aliphatic rings. The topological polar surface area (TPSA) is 98.3 Å². The number of para-hydroxylation sites is 1. The van der Waals surface area contributed by atoms with Gasteiger partial charge < -0.3 is 9.47 Å². The van der Waals surface area contributed by atoms with Gasteiger partial charge in [0.15, 0.2) is 11.5 Å². The average Bonchev–Trinajstić information content (AvgIpc) is 3.11. The molecule has 2 aromatic carbocycles. The van der Waals surface area contributed by atoms with Crippen LogP contribution in [0.2, 0.25) is 0 Å². The standard InChI is InChI=1S/C20H18N4O3/c1-26-16-8-7-12(11-17(16)27-2)20(19(25)24-21)18-14(9-10-22-20)13-5-3-4-6-15(13)23-18/h3-11H,21H2,1-2H3,(H,24,25). The van der Waals surface area contributed by atoms with Crippen LogP contribution in [0.4, 0.5) is 5.69 Å². The predicted molar refractivity (Wildman–Crippen MR) is 104 cm³/mol. The summed E-state index contributed by atoms with van der Waals surface area (Å²) in [6, 6.07) is 12.9. The van der Waals surface area contributed by atoms with Crippen molar-refractivity contribution in [1.29, 1.82) is 0 Å². The van der Waals surface area contributed by atoms with Crippen LogP contribution >= 0.6 is 0 Å². The zero-order chi connectivity index (χ0) is 19.0. The van der Waals surface area contributed by atoms with Crippen LogP contribution in [0.25, 0.3) is 5.57 Å². The van der Waals surface area contributed by atoms with E-state index in [1.54, 1.807) is 31.5 Å². The third-order valence-electron chi connectivity index (χ3n) is 4.79. The minimum atomic E-state index is -1.42. The van der Waals surface area contributed by atoms with Crippen molar-refractivity contribution in [3.63, 3.8) is 0 Å². The number of hydrogen-bond acceptors (Lipinski definition) is 6. The minimum Gasteiger partial charge on any atom is -0.493 e. The van der Waals surface area contributed by atoms with Gasteiger partial charge in [0, 0.05) is 17.4 Å². The fourth-order valence-corrected chi connectivity index (χ4v) is 3.51. The Bertz CT molecular complexity index is 1030. The summed E-state index contributed by atoms with van der Waals surface area (Å²) in [5.74, 6) is 6.09. The first-order valence-corrected chi connectivity index (χ1v) is 8.33. The molecule has 136 valence electrons. The van der Waals surface area contributed by atoms with Crippen molar-refractivity contribution in [3.8, 4) is 11.5 Å². The number of methoxy groups -OCH3 is 2. The Morgan fingerprint density at radius 2 is 1.89 bits per heavy atom. The number of nitrogens with two attached hydrogens (primary N) is 1.